The maximum Gasteiger partial charge on any atom is 0.202 e. The van der Waals surface area contributed by atoms with Gasteiger partial charge >= 0.3 is 0 Å². The molecule has 1 aromatic rings. The molecule has 1 aliphatic heterocycles. The molecule has 0 unspecified atom stereocenters. The summed E-state index contributed by atoms with van der Waals surface area (Å²) in [6, 6.07) is 3.04. The summed E-state index contributed by atoms with van der Waals surface area (Å²) in [6.45, 7) is 9.95. The largest absolute Gasteiger partial charge is 0.504 e. The molecule has 5 heteroatoms. The lowest BCUT2D eigenvalue weighted by Gasteiger charge is -2.43. The molecule has 1 aliphatic rings. The summed E-state index contributed by atoms with van der Waals surface area (Å²) in [5, 5.41) is 28.8. The third-order valence-corrected chi connectivity index (χ3v) is 3.68. The molecule has 1 saturated heterocycles. The smallest absolute Gasteiger partial charge is 0.202 e. The standard InChI is InChI=1S/C14H22N2O3/c1-14(2,3)16-8-6-15(7-9-16)10-4-5-11(17)13(19)12(10)18/h4-5,17-19H,6-9H2,1-3H3. The van der Waals surface area contributed by atoms with E-state index >= 15 is 0 Å². The fourth-order valence-electron chi connectivity index (χ4n) is 2.43. The minimum atomic E-state index is -0.448. The summed E-state index contributed by atoms with van der Waals surface area (Å²) in [6.07, 6.45) is 0. The quantitative estimate of drug-likeness (QED) is 0.675. The number of phenolic OH excluding ortho intramolecular Hbond substituents is 3. The van der Waals surface area contributed by atoms with Crippen LogP contribution in [-0.2, 0) is 0 Å². The third-order valence-electron chi connectivity index (χ3n) is 3.68. The number of nitrogens with zero attached hydrogens (tertiary/aromatic N) is 2. The second kappa shape index (κ2) is 4.81. The van der Waals surface area contributed by atoms with Gasteiger partial charge < -0.3 is 20.2 Å². The maximum absolute atomic E-state index is 9.89. The van der Waals surface area contributed by atoms with Crippen LogP contribution >= 0.6 is 0 Å². The van der Waals surface area contributed by atoms with Gasteiger partial charge in [0, 0.05) is 31.7 Å². The van der Waals surface area contributed by atoms with Crippen LogP contribution in [0.4, 0.5) is 5.69 Å². The van der Waals surface area contributed by atoms with Crippen molar-refractivity contribution in [2.75, 3.05) is 31.1 Å². The maximum atomic E-state index is 9.89. The van der Waals surface area contributed by atoms with Crippen LogP contribution in [0.15, 0.2) is 12.1 Å². The Morgan fingerprint density at radius 3 is 2.00 bits per heavy atom. The zero-order chi connectivity index (χ0) is 14.2. The lowest BCUT2D eigenvalue weighted by Crippen LogP contribution is -2.53. The van der Waals surface area contributed by atoms with Crippen molar-refractivity contribution in [1.82, 2.24) is 4.90 Å². The van der Waals surface area contributed by atoms with E-state index in [9.17, 15) is 15.3 Å². The van der Waals surface area contributed by atoms with E-state index in [2.05, 4.69) is 25.7 Å². The van der Waals surface area contributed by atoms with Gasteiger partial charge in [0.05, 0.1) is 5.69 Å². The zero-order valence-electron chi connectivity index (χ0n) is 11.7. The van der Waals surface area contributed by atoms with E-state index in [0.717, 1.165) is 26.2 Å². The van der Waals surface area contributed by atoms with Crippen LogP contribution < -0.4 is 4.90 Å². The molecule has 0 spiro atoms. The SMILES string of the molecule is CC(C)(C)N1CCN(c2ccc(O)c(O)c2O)CC1. The van der Waals surface area contributed by atoms with Gasteiger partial charge in [0.2, 0.25) is 5.75 Å². The molecule has 0 saturated carbocycles. The van der Waals surface area contributed by atoms with Gasteiger partial charge in [-0.25, -0.2) is 0 Å². The first-order valence-electron chi connectivity index (χ1n) is 6.54. The summed E-state index contributed by atoms with van der Waals surface area (Å²) in [4.78, 5) is 4.41. The molecular formula is C14H22N2O3. The van der Waals surface area contributed by atoms with Crippen molar-refractivity contribution in [2.45, 2.75) is 26.3 Å². The average Bonchev–Trinajstić information content (AvgIpc) is 2.35. The molecule has 19 heavy (non-hydrogen) atoms. The van der Waals surface area contributed by atoms with E-state index < -0.39 is 5.75 Å². The van der Waals surface area contributed by atoms with Gasteiger partial charge in [0.25, 0.3) is 0 Å². The van der Waals surface area contributed by atoms with E-state index in [1.807, 2.05) is 4.90 Å². The van der Waals surface area contributed by atoms with Crippen LogP contribution in [0.25, 0.3) is 0 Å². The van der Waals surface area contributed by atoms with E-state index in [4.69, 9.17) is 0 Å². The van der Waals surface area contributed by atoms with Crippen molar-refractivity contribution < 1.29 is 15.3 Å². The van der Waals surface area contributed by atoms with Crippen LogP contribution in [-0.4, -0.2) is 51.9 Å². The Labute approximate surface area is 113 Å². The van der Waals surface area contributed by atoms with Gasteiger partial charge in [-0.1, -0.05) is 0 Å². The van der Waals surface area contributed by atoms with Gasteiger partial charge in [0.1, 0.15) is 0 Å². The number of anilines is 1. The van der Waals surface area contributed by atoms with Crippen molar-refractivity contribution in [2.24, 2.45) is 0 Å². The number of hydrogen-bond donors (Lipinski definition) is 3. The van der Waals surface area contributed by atoms with Crippen molar-refractivity contribution in [3.05, 3.63) is 12.1 Å². The molecule has 1 fully saturated rings. The third kappa shape index (κ3) is 2.71. The second-order valence-electron chi connectivity index (χ2n) is 5.95. The summed E-state index contributed by atoms with van der Waals surface area (Å²) in [5.41, 5.74) is 0.717. The second-order valence-corrected chi connectivity index (χ2v) is 5.95. The van der Waals surface area contributed by atoms with Gasteiger partial charge in [-0.05, 0) is 32.9 Å². The van der Waals surface area contributed by atoms with E-state index in [1.54, 1.807) is 6.07 Å². The highest BCUT2D eigenvalue weighted by atomic mass is 16.3. The van der Waals surface area contributed by atoms with Crippen LogP contribution in [0, 0.1) is 0 Å². The number of piperazine rings is 1. The Kier molecular flexibility index (Phi) is 3.49. The Balaban J connectivity index is 2.12. The highest BCUT2D eigenvalue weighted by molar-refractivity contribution is 5.67. The normalized spacial score (nSPS) is 17.7. The summed E-state index contributed by atoms with van der Waals surface area (Å²) in [7, 11) is 0. The molecule has 1 aromatic carbocycles. The van der Waals surface area contributed by atoms with Crippen LogP contribution in [0.3, 0.4) is 0 Å². The van der Waals surface area contributed by atoms with Crippen LogP contribution in [0.2, 0.25) is 0 Å². The molecule has 0 atom stereocenters. The minimum absolute atomic E-state index is 0.144. The monoisotopic (exact) mass is 266 g/mol. The summed E-state index contributed by atoms with van der Waals surface area (Å²) < 4.78 is 0. The van der Waals surface area contributed by atoms with E-state index in [-0.39, 0.29) is 17.0 Å². The zero-order valence-corrected chi connectivity index (χ0v) is 11.7. The molecule has 106 valence electrons. The van der Waals surface area contributed by atoms with Crippen molar-refractivity contribution in [1.29, 1.82) is 0 Å². The van der Waals surface area contributed by atoms with Crippen molar-refractivity contribution in [3.8, 4) is 17.2 Å². The number of benzene rings is 1. The topological polar surface area (TPSA) is 67.2 Å². The van der Waals surface area contributed by atoms with Gasteiger partial charge in [-0.2, -0.15) is 0 Å². The molecule has 0 aliphatic carbocycles. The average molecular weight is 266 g/mol. The fraction of sp³-hybridized carbons (Fsp3) is 0.571. The highest BCUT2D eigenvalue weighted by Crippen LogP contribution is 2.42. The molecule has 2 rings (SSSR count). The predicted molar refractivity (Wildman–Crippen MR) is 75.0 cm³/mol. The Morgan fingerprint density at radius 2 is 1.47 bits per heavy atom. The first-order valence-corrected chi connectivity index (χ1v) is 6.54. The molecule has 0 aromatic heterocycles. The Morgan fingerprint density at radius 1 is 0.895 bits per heavy atom. The van der Waals surface area contributed by atoms with Gasteiger partial charge in [-0.15, -0.1) is 0 Å². The van der Waals surface area contributed by atoms with Gasteiger partial charge in [0.15, 0.2) is 11.5 Å². The first kappa shape index (κ1) is 13.8. The van der Waals surface area contributed by atoms with Crippen LogP contribution in [0.1, 0.15) is 20.8 Å². The number of aromatic hydroxyl groups is 3. The van der Waals surface area contributed by atoms with E-state index in [1.165, 1.54) is 6.07 Å². The van der Waals surface area contributed by atoms with Gasteiger partial charge in [-0.3, -0.25) is 4.90 Å². The number of rotatable bonds is 1. The van der Waals surface area contributed by atoms with Crippen LogP contribution in [0.5, 0.6) is 17.2 Å². The minimum Gasteiger partial charge on any atom is -0.504 e. The Bertz CT molecular complexity index is 460. The molecule has 1 heterocycles. The van der Waals surface area contributed by atoms with Crippen molar-refractivity contribution >= 4 is 5.69 Å². The molecule has 0 bridgehead atoms. The molecular weight excluding hydrogens is 244 g/mol. The fourth-order valence-corrected chi connectivity index (χ4v) is 2.43. The Hall–Kier alpha value is -1.62. The van der Waals surface area contributed by atoms with Crippen molar-refractivity contribution in [3.63, 3.8) is 0 Å². The number of phenols is 3. The first-order chi connectivity index (χ1) is 8.80. The summed E-state index contributed by atoms with van der Waals surface area (Å²) in [5.74, 6) is -0.991. The highest BCUT2D eigenvalue weighted by Gasteiger charge is 2.27. The lowest BCUT2D eigenvalue weighted by atomic mass is 10.0. The molecule has 0 radical (unpaired) electrons. The van der Waals surface area contributed by atoms with E-state index in [0.29, 0.717) is 5.69 Å². The molecule has 3 N–H and O–H groups in total. The number of hydrogen-bond acceptors (Lipinski definition) is 5. The molecule has 0 amide bonds. The lowest BCUT2D eigenvalue weighted by molar-refractivity contribution is 0.128. The predicted octanol–water partition coefficient (Wildman–Crippen LogP) is 1.72. The molecule has 5 nitrogen and oxygen atoms in total. The summed E-state index contributed by atoms with van der Waals surface area (Å²) >= 11 is 0.